The lowest BCUT2D eigenvalue weighted by molar-refractivity contribution is -0.212. The molecule has 0 aromatic carbocycles. The molecule has 0 aromatic rings. The highest BCUT2D eigenvalue weighted by Gasteiger charge is 2.71. The van der Waals surface area contributed by atoms with E-state index in [1.54, 1.807) is 12.2 Å². The fraction of sp³-hybridized carbons (Fsp3) is 0.758. The van der Waals surface area contributed by atoms with E-state index in [4.69, 9.17) is 4.74 Å². The molecule has 5 aliphatic carbocycles. The predicted molar refractivity (Wildman–Crippen MR) is 146 cm³/mol. The van der Waals surface area contributed by atoms with Gasteiger partial charge in [-0.05, 0) is 79.1 Å². The van der Waals surface area contributed by atoms with Crippen molar-refractivity contribution in [2.24, 2.45) is 50.2 Å². The van der Waals surface area contributed by atoms with Crippen LogP contribution in [0.15, 0.2) is 23.3 Å². The van der Waals surface area contributed by atoms with Crippen LogP contribution < -0.4 is 0 Å². The Morgan fingerprint density at radius 3 is 2.27 bits per heavy atom. The first kappa shape index (κ1) is 30.0. The maximum Gasteiger partial charge on any atom is 0.422 e. The fourth-order valence-corrected chi connectivity index (χ4v) is 10.3. The lowest BCUT2D eigenvalue weighted by Crippen LogP contribution is -2.66. The summed E-state index contributed by atoms with van der Waals surface area (Å²) in [7, 11) is 0. The van der Waals surface area contributed by atoms with Crippen molar-refractivity contribution in [1.82, 2.24) is 0 Å². The van der Waals surface area contributed by atoms with Gasteiger partial charge in [0.2, 0.25) is 0 Å². The molecule has 0 radical (unpaired) electrons. The summed E-state index contributed by atoms with van der Waals surface area (Å²) >= 11 is 0. The van der Waals surface area contributed by atoms with Crippen molar-refractivity contribution in [3.63, 3.8) is 0 Å². The Hall–Kier alpha value is -2.43. The molecule has 0 heterocycles. The lowest BCUT2D eigenvalue weighted by Gasteiger charge is -2.68. The standard InChI is InChI=1S/C33H42F3NO4/c1-27(2)10-12-32(26(40)41-18-33(34,35)36)13-11-31(7)24(20(32)16-27)21(38)14-23-29(5)15-19(17-37)25(39)28(3,4)22(29)8-9-30(23,31)6/h14-15,20,22,24H,8-13,16,18H2,1-7H3/t20?,22-,24?,29-,30+,31+,32-/m0/s1. The highest BCUT2D eigenvalue weighted by molar-refractivity contribution is 6.04. The minimum Gasteiger partial charge on any atom is -0.456 e. The van der Waals surface area contributed by atoms with Crippen LogP contribution in [0.25, 0.3) is 0 Å². The first-order chi connectivity index (χ1) is 18.7. The molecular weight excluding hydrogens is 531 g/mol. The number of esters is 1. The molecule has 0 aromatic heterocycles. The number of carbonyl (C=O) groups is 3. The number of Topliss-reactive ketones (excluding diaryl/α,β-unsaturated/α-hetero) is 1. The molecule has 5 aliphatic rings. The molecule has 0 spiro atoms. The van der Waals surface area contributed by atoms with Gasteiger partial charge >= 0.3 is 12.1 Å². The van der Waals surface area contributed by atoms with Crippen LogP contribution in [-0.2, 0) is 19.1 Å². The zero-order chi connectivity index (χ0) is 30.6. The van der Waals surface area contributed by atoms with Crippen LogP contribution in [0.4, 0.5) is 13.2 Å². The van der Waals surface area contributed by atoms with Crippen LogP contribution in [0.2, 0.25) is 0 Å². The van der Waals surface area contributed by atoms with Crippen molar-refractivity contribution in [3.8, 4) is 6.07 Å². The average Bonchev–Trinajstić information content (AvgIpc) is 2.85. The summed E-state index contributed by atoms with van der Waals surface area (Å²) in [6, 6.07) is 2.11. The Kier molecular flexibility index (Phi) is 6.45. The van der Waals surface area contributed by atoms with E-state index in [1.165, 1.54) is 0 Å². The molecule has 0 bridgehead atoms. The molecule has 0 aliphatic heterocycles. The van der Waals surface area contributed by atoms with Crippen LogP contribution in [0.3, 0.4) is 0 Å². The molecule has 224 valence electrons. The van der Waals surface area contributed by atoms with Crippen LogP contribution >= 0.6 is 0 Å². The number of allylic oxidation sites excluding steroid dienone is 4. The SMILES string of the molecule is CC1(C)CC[C@]2(C(=O)OCC(F)(F)F)CC[C@]3(C)C(C(=O)C=C4[C@@]5(C)C=C(C#N)C(=O)C(C)(C)[C@@H]5CC[C@]43C)C2C1. The maximum atomic E-state index is 14.4. The molecule has 5 nitrogen and oxygen atoms in total. The average molecular weight is 574 g/mol. The van der Waals surface area contributed by atoms with E-state index in [0.717, 1.165) is 18.4 Å². The quantitative estimate of drug-likeness (QED) is 0.324. The van der Waals surface area contributed by atoms with Crippen LogP contribution in [0.5, 0.6) is 0 Å². The van der Waals surface area contributed by atoms with Crippen molar-refractivity contribution in [1.29, 1.82) is 5.26 Å². The van der Waals surface area contributed by atoms with Gasteiger partial charge in [0.1, 0.15) is 6.07 Å². The van der Waals surface area contributed by atoms with Gasteiger partial charge in [-0.2, -0.15) is 18.4 Å². The van der Waals surface area contributed by atoms with Gasteiger partial charge in [-0.25, -0.2) is 0 Å². The minimum absolute atomic E-state index is 0.0829. The second kappa shape index (κ2) is 8.80. The van der Waals surface area contributed by atoms with Crippen molar-refractivity contribution in [2.75, 3.05) is 6.61 Å². The Balaban J connectivity index is 1.65. The Bertz CT molecular complexity index is 1320. The molecule has 0 N–H and O–H groups in total. The second-order valence-corrected chi connectivity index (χ2v) is 15.6. The number of nitrogens with zero attached hydrogens (tertiary/aromatic N) is 1. The van der Waals surface area contributed by atoms with Gasteiger partial charge < -0.3 is 4.74 Å². The van der Waals surface area contributed by atoms with Gasteiger partial charge in [-0.1, -0.05) is 60.1 Å². The fourth-order valence-electron chi connectivity index (χ4n) is 10.3. The summed E-state index contributed by atoms with van der Waals surface area (Å²) in [6.45, 7) is 12.7. The number of fused-ring (bicyclic) bond motifs is 7. The number of alkyl halides is 3. The number of ether oxygens (including phenoxy) is 1. The van der Waals surface area contributed by atoms with Crippen molar-refractivity contribution in [3.05, 3.63) is 23.3 Å². The monoisotopic (exact) mass is 573 g/mol. The van der Waals surface area contributed by atoms with E-state index in [9.17, 15) is 32.8 Å². The number of nitriles is 1. The molecule has 0 amide bonds. The Morgan fingerprint density at radius 1 is 1.02 bits per heavy atom. The molecule has 3 fully saturated rings. The van der Waals surface area contributed by atoms with Gasteiger partial charge in [-0.3, -0.25) is 14.4 Å². The first-order valence-electron chi connectivity index (χ1n) is 14.9. The summed E-state index contributed by atoms with van der Waals surface area (Å²) in [4.78, 5) is 41.2. The molecule has 2 unspecified atom stereocenters. The summed E-state index contributed by atoms with van der Waals surface area (Å²) in [6.07, 6.45) is 2.89. The van der Waals surface area contributed by atoms with Crippen LogP contribution in [0, 0.1) is 61.6 Å². The Labute approximate surface area is 240 Å². The van der Waals surface area contributed by atoms with E-state index in [0.29, 0.717) is 32.1 Å². The molecule has 41 heavy (non-hydrogen) atoms. The third kappa shape index (κ3) is 4.03. The normalized spacial score (nSPS) is 42.8. The van der Waals surface area contributed by atoms with Crippen LogP contribution in [0.1, 0.15) is 93.4 Å². The van der Waals surface area contributed by atoms with E-state index < -0.39 is 57.7 Å². The number of hydrogen-bond acceptors (Lipinski definition) is 5. The summed E-state index contributed by atoms with van der Waals surface area (Å²) in [5.41, 5.74) is -2.70. The lowest BCUT2D eigenvalue weighted by atomic mass is 9.34. The van der Waals surface area contributed by atoms with Crippen LogP contribution in [-0.4, -0.2) is 30.3 Å². The van der Waals surface area contributed by atoms with E-state index in [1.807, 2.05) is 13.8 Å². The maximum absolute atomic E-state index is 14.4. The molecule has 7 atom stereocenters. The smallest absolute Gasteiger partial charge is 0.422 e. The van der Waals surface area contributed by atoms with Crippen molar-refractivity contribution >= 4 is 17.5 Å². The third-order valence-electron chi connectivity index (χ3n) is 12.6. The minimum atomic E-state index is -4.62. The highest BCUT2D eigenvalue weighted by Crippen LogP contribution is 2.74. The zero-order valence-corrected chi connectivity index (χ0v) is 25.3. The molecule has 0 saturated heterocycles. The van der Waals surface area contributed by atoms with E-state index >= 15 is 0 Å². The predicted octanol–water partition coefficient (Wildman–Crippen LogP) is 7.31. The molecule has 5 rings (SSSR count). The van der Waals surface area contributed by atoms with Gasteiger partial charge in [0.15, 0.2) is 18.2 Å². The van der Waals surface area contributed by atoms with Crippen molar-refractivity contribution in [2.45, 2.75) is 99.6 Å². The second-order valence-electron chi connectivity index (χ2n) is 15.6. The largest absolute Gasteiger partial charge is 0.456 e. The summed E-state index contributed by atoms with van der Waals surface area (Å²) in [5.74, 6) is -2.15. The molecule has 3 saturated carbocycles. The number of carbonyl (C=O) groups excluding carboxylic acids is 3. The third-order valence-corrected chi connectivity index (χ3v) is 12.6. The number of halogens is 3. The number of ketones is 2. The van der Waals surface area contributed by atoms with E-state index in [2.05, 4.69) is 40.7 Å². The number of hydrogen-bond donors (Lipinski definition) is 0. The van der Waals surface area contributed by atoms with Crippen molar-refractivity contribution < 1.29 is 32.3 Å². The molecular formula is C33H42F3NO4. The molecule has 8 heteroatoms. The first-order valence-corrected chi connectivity index (χ1v) is 14.9. The van der Waals surface area contributed by atoms with Gasteiger partial charge in [-0.15, -0.1) is 0 Å². The van der Waals surface area contributed by atoms with Gasteiger partial charge in [0, 0.05) is 16.7 Å². The highest BCUT2D eigenvalue weighted by atomic mass is 19.4. The van der Waals surface area contributed by atoms with Gasteiger partial charge in [0.25, 0.3) is 0 Å². The number of rotatable bonds is 2. The van der Waals surface area contributed by atoms with E-state index in [-0.39, 0.29) is 28.5 Å². The Morgan fingerprint density at radius 2 is 1.66 bits per heavy atom. The van der Waals surface area contributed by atoms with Gasteiger partial charge in [0.05, 0.1) is 11.0 Å². The zero-order valence-electron chi connectivity index (χ0n) is 25.3. The summed E-state index contributed by atoms with van der Waals surface area (Å²) < 4.78 is 44.2. The summed E-state index contributed by atoms with van der Waals surface area (Å²) in [5, 5.41) is 9.86. The topological polar surface area (TPSA) is 84.2 Å².